The molecule has 0 radical (unpaired) electrons. The number of para-hydroxylation sites is 1. The van der Waals surface area contributed by atoms with E-state index < -0.39 is 5.25 Å². The zero-order valence-electron chi connectivity index (χ0n) is 21.1. The number of hydrogen-bond donors (Lipinski definition) is 3. The van der Waals surface area contributed by atoms with Gasteiger partial charge in [0.1, 0.15) is 11.5 Å². The Bertz CT molecular complexity index is 1440. The monoisotopic (exact) mass is 642 g/mol. The molecule has 0 saturated heterocycles. The molecule has 11 heteroatoms. The number of nitrogens with zero attached hydrogens (tertiary/aromatic N) is 4. The minimum Gasteiger partial charge on any atom is -0.507 e. The normalized spacial score (nSPS) is 11.9. The summed E-state index contributed by atoms with van der Waals surface area (Å²) in [4.78, 5) is 12.8. The summed E-state index contributed by atoms with van der Waals surface area (Å²) in [5.41, 5.74) is 6.02. The molecular weight excluding hydrogens is 615 g/mol. The van der Waals surface area contributed by atoms with Gasteiger partial charge in [0.15, 0.2) is 11.0 Å². The third-order valence-corrected chi connectivity index (χ3v) is 7.32. The number of ether oxygens (including phenoxy) is 1. The summed E-state index contributed by atoms with van der Waals surface area (Å²) in [6, 6.07) is 20.8. The molecule has 9 nitrogen and oxygen atoms in total. The number of hydrogen-bond acceptors (Lipinski definition) is 8. The summed E-state index contributed by atoms with van der Waals surface area (Å²) in [6.45, 7) is 4.29. The van der Waals surface area contributed by atoms with Crippen molar-refractivity contribution in [2.24, 2.45) is 5.10 Å². The molecule has 1 atom stereocenters. The average molecular weight is 643 g/mol. The quantitative estimate of drug-likeness (QED) is 0.0951. The smallest absolute Gasteiger partial charge is 0.253 e. The van der Waals surface area contributed by atoms with Crippen LogP contribution in [0.4, 0.5) is 5.69 Å². The minimum atomic E-state index is -0.517. The number of methoxy groups -OCH3 is 1. The van der Waals surface area contributed by atoms with E-state index in [1.165, 1.54) is 34.7 Å². The molecule has 0 aliphatic rings. The van der Waals surface area contributed by atoms with Gasteiger partial charge in [-0.15, -0.1) is 10.2 Å². The van der Waals surface area contributed by atoms with Gasteiger partial charge in [0.25, 0.3) is 5.91 Å². The maximum atomic E-state index is 12.8. The standard InChI is InChI=1S/C27H27IN6O3S/c1-17-13-20(28)9-11-23(17)29-16-25-31-33-27(34(25)21-7-5-4-6-8-21)38-18(2)26(36)32-30-15-19-14-22(37-3)10-12-24(19)35/h4-15,18,29,35H,16H2,1-3H3,(H,32,36)/b30-15+. The number of carbonyl (C=O) groups excluding carboxylic acids is 1. The molecule has 0 spiro atoms. The van der Waals surface area contributed by atoms with Gasteiger partial charge in [-0.2, -0.15) is 5.10 Å². The first-order chi connectivity index (χ1) is 18.4. The highest BCUT2D eigenvalue weighted by molar-refractivity contribution is 14.1. The van der Waals surface area contributed by atoms with Crippen LogP contribution < -0.4 is 15.5 Å². The summed E-state index contributed by atoms with van der Waals surface area (Å²) in [7, 11) is 1.53. The summed E-state index contributed by atoms with van der Waals surface area (Å²) in [5.74, 6) is 1.01. The molecule has 0 aliphatic heterocycles. The van der Waals surface area contributed by atoms with E-state index in [4.69, 9.17) is 4.74 Å². The van der Waals surface area contributed by atoms with Gasteiger partial charge in [-0.1, -0.05) is 30.0 Å². The van der Waals surface area contributed by atoms with Gasteiger partial charge in [0.2, 0.25) is 0 Å². The number of aromatic nitrogens is 3. The third kappa shape index (κ3) is 6.84. The number of benzene rings is 3. The van der Waals surface area contributed by atoms with E-state index in [1.807, 2.05) is 41.0 Å². The van der Waals surface area contributed by atoms with Gasteiger partial charge in [-0.05, 0) is 90.5 Å². The Labute approximate surface area is 238 Å². The van der Waals surface area contributed by atoms with Crippen LogP contribution in [-0.4, -0.2) is 44.4 Å². The topological polar surface area (TPSA) is 114 Å². The number of amides is 1. The minimum absolute atomic E-state index is 0.0313. The fourth-order valence-electron chi connectivity index (χ4n) is 3.56. The molecule has 0 bridgehead atoms. The second-order valence-corrected chi connectivity index (χ2v) is 10.9. The Morgan fingerprint density at radius 2 is 1.97 bits per heavy atom. The molecule has 0 aliphatic carbocycles. The van der Waals surface area contributed by atoms with Crippen molar-refractivity contribution >= 4 is 52.2 Å². The zero-order valence-corrected chi connectivity index (χ0v) is 24.0. The lowest BCUT2D eigenvalue weighted by atomic mass is 10.2. The van der Waals surface area contributed by atoms with E-state index in [0.717, 1.165) is 22.8 Å². The second-order valence-electron chi connectivity index (χ2n) is 8.30. The van der Waals surface area contributed by atoms with E-state index in [-0.39, 0.29) is 11.7 Å². The number of thioether (sulfide) groups is 1. The maximum absolute atomic E-state index is 12.8. The van der Waals surface area contributed by atoms with E-state index in [2.05, 4.69) is 67.7 Å². The Kier molecular flexibility index (Phi) is 9.24. The second kappa shape index (κ2) is 12.8. The molecule has 1 amide bonds. The highest BCUT2D eigenvalue weighted by atomic mass is 127. The number of anilines is 1. The van der Waals surface area contributed by atoms with Crippen molar-refractivity contribution in [1.29, 1.82) is 0 Å². The Morgan fingerprint density at radius 3 is 2.71 bits per heavy atom. The van der Waals surface area contributed by atoms with Crippen LogP contribution in [0.2, 0.25) is 0 Å². The zero-order chi connectivity index (χ0) is 27.1. The van der Waals surface area contributed by atoms with Crippen molar-refractivity contribution in [2.75, 3.05) is 12.4 Å². The van der Waals surface area contributed by atoms with Gasteiger partial charge >= 0.3 is 0 Å². The van der Waals surface area contributed by atoms with Crippen LogP contribution in [0.15, 0.2) is 77.0 Å². The Morgan fingerprint density at radius 1 is 1.18 bits per heavy atom. The van der Waals surface area contributed by atoms with Crippen LogP contribution in [-0.2, 0) is 11.3 Å². The molecular formula is C27H27IN6O3S. The molecule has 1 aromatic heterocycles. The summed E-state index contributed by atoms with van der Waals surface area (Å²) in [6.07, 6.45) is 1.37. The van der Waals surface area contributed by atoms with Crippen molar-refractivity contribution in [2.45, 2.75) is 30.8 Å². The molecule has 0 fully saturated rings. The number of phenolic OH excluding ortho intramolecular Hbond substituents is 1. The molecule has 38 heavy (non-hydrogen) atoms. The van der Waals surface area contributed by atoms with Crippen molar-refractivity contribution < 1.29 is 14.6 Å². The number of aromatic hydroxyl groups is 1. The summed E-state index contributed by atoms with van der Waals surface area (Å²) in [5, 5.41) is 26.3. The Hall–Kier alpha value is -3.58. The number of hydrazone groups is 1. The van der Waals surface area contributed by atoms with Gasteiger partial charge in [-0.25, -0.2) is 5.43 Å². The fourth-order valence-corrected chi connectivity index (χ4v) is 5.09. The lowest BCUT2D eigenvalue weighted by Gasteiger charge is -2.14. The van der Waals surface area contributed by atoms with Crippen molar-refractivity contribution in [3.05, 3.63) is 87.3 Å². The van der Waals surface area contributed by atoms with Crippen LogP contribution in [0, 0.1) is 10.5 Å². The van der Waals surface area contributed by atoms with Crippen LogP contribution in [0.25, 0.3) is 5.69 Å². The molecule has 4 aromatic rings. The highest BCUT2D eigenvalue weighted by Gasteiger charge is 2.21. The lowest BCUT2D eigenvalue weighted by Crippen LogP contribution is -2.27. The van der Waals surface area contributed by atoms with E-state index in [0.29, 0.717) is 23.0 Å². The lowest BCUT2D eigenvalue weighted by molar-refractivity contribution is -0.120. The van der Waals surface area contributed by atoms with E-state index >= 15 is 0 Å². The molecule has 1 unspecified atom stereocenters. The molecule has 4 rings (SSSR count). The van der Waals surface area contributed by atoms with Gasteiger partial charge in [-0.3, -0.25) is 9.36 Å². The van der Waals surface area contributed by atoms with Crippen LogP contribution in [0.1, 0.15) is 23.9 Å². The summed E-state index contributed by atoms with van der Waals surface area (Å²) < 4.78 is 8.28. The number of carbonyl (C=O) groups is 1. The van der Waals surface area contributed by atoms with Gasteiger partial charge in [0.05, 0.1) is 25.1 Å². The maximum Gasteiger partial charge on any atom is 0.253 e. The third-order valence-electron chi connectivity index (χ3n) is 5.60. The fraction of sp³-hybridized carbons (Fsp3) is 0.185. The average Bonchev–Trinajstić information content (AvgIpc) is 3.31. The van der Waals surface area contributed by atoms with Crippen LogP contribution in [0.3, 0.4) is 0 Å². The number of aryl methyl sites for hydroxylation is 1. The van der Waals surface area contributed by atoms with Crippen molar-refractivity contribution in [1.82, 2.24) is 20.2 Å². The number of nitrogens with one attached hydrogen (secondary N) is 2. The molecule has 1 heterocycles. The van der Waals surface area contributed by atoms with Crippen LogP contribution in [0.5, 0.6) is 11.5 Å². The number of rotatable bonds is 10. The predicted molar refractivity (Wildman–Crippen MR) is 158 cm³/mol. The van der Waals surface area contributed by atoms with Gasteiger partial charge in [0, 0.05) is 20.5 Å². The van der Waals surface area contributed by atoms with Crippen LogP contribution >= 0.6 is 34.4 Å². The Balaban J connectivity index is 1.48. The molecule has 3 N–H and O–H groups in total. The first-order valence-corrected chi connectivity index (χ1v) is 13.7. The first-order valence-electron chi connectivity index (χ1n) is 11.7. The van der Waals surface area contributed by atoms with E-state index in [9.17, 15) is 9.90 Å². The summed E-state index contributed by atoms with van der Waals surface area (Å²) >= 11 is 3.58. The number of phenols is 1. The predicted octanol–water partition coefficient (Wildman–Crippen LogP) is 5.14. The first kappa shape index (κ1) is 27.5. The highest BCUT2D eigenvalue weighted by Crippen LogP contribution is 2.27. The van der Waals surface area contributed by atoms with Crippen molar-refractivity contribution in [3.63, 3.8) is 0 Å². The number of halogens is 1. The largest absolute Gasteiger partial charge is 0.507 e. The molecule has 196 valence electrons. The van der Waals surface area contributed by atoms with E-state index in [1.54, 1.807) is 19.1 Å². The molecule has 0 saturated carbocycles. The van der Waals surface area contributed by atoms with Gasteiger partial charge < -0.3 is 15.2 Å². The molecule has 3 aromatic carbocycles. The van der Waals surface area contributed by atoms with Crippen molar-refractivity contribution in [3.8, 4) is 17.2 Å². The SMILES string of the molecule is COc1ccc(O)c(/C=N/NC(=O)C(C)Sc2nnc(CNc3ccc(I)cc3C)n2-c2ccccc2)c1.